The molecule has 13 nitrogen and oxygen atoms in total. The number of ether oxygens (including phenoxy) is 1. The Balaban J connectivity index is 1.12. The minimum Gasteiger partial charge on any atom is -0.494 e. The summed E-state index contributed by atoms with van der Waals surface area (Å²) >= 11 is 0. The van der Waals surface area contributed by atoms with Crippen LogP contribution in [-0.4, -0.2) is 44.2 Å². The lowest BCUT2D eigenvalue weighted by Crippen LogP contribution is -2.30. The first kappa shape index (κ1) is 36.8. The summed E-state index contributed by atoms with van der Waals surface area (Å²) in [5.74, 6) is -0.905. The van der Waals surface area contributed by atoms with Gasteiger partial charge in [0.25, 0.3) is 26.0 Å². The number of aromatic nitrogens is 2. The average molecular weight is 782 g/mol. The van der Waals surface area contributed by atoms with Crippen molar-refractivity contribution < 1.29 is 35.2 Å². The molecule has 3 heterocycles. The molecule has 4 aromatic carbocycles. The molecule has 0 saturated heterocycles. The molecule has 7 aromatic rings. The van der Waals surface area contributed by atoms with Gasteiger partial charge in [0.15, 0.2) is 5.82 Å². The van der Waals surface area contributed by atoms with Crippen LogP contribution in [0.4, 0.5) is 15.8 Å². The Labute approximate surface area is 314 Å². The van der Waals surface area contributed by atoms with Gasteiger partial charge < -0.3 is 19.0 Å². The van der Waals surface area contributed by atoms with Crippen molar-refractivity contribution in [3.63, 3.8) is 0 Å². The smallest absolute Gasteiger partial charge is 0.343 e. The Morgan fingerprint density at radius 1 is 0.818 bits per heavy atom. The lowest BCUT2D eigenvalue weighted by molar-refractivity contribution is 0.0725. The van der Waals surface area contributed by atoms with Crippen LogP contribution in [0.2, 0.25) is 0 Å². The number of H-pyrrole nitrogens is 1. The molecule has 0 spiro atoms. The Hall–Kier alpha value is -6.52. The maximum Gasteiger partial charge on any atom is 0.343 e. The predicted molar refractivity (Wildman–Crippen MR) is 204 cm³/mol. The molecule has 0 aliphatic heterocycles. The Kier molecular flexibility index (Phi) is 10.1. The van der Waals surface area contributed by atoms with Crippen LogP contribution in [0.15, 0.2) is 141 Å². The van der Waals surface area contributed by atoms with Crippen LogP contribution < -0.4 is 19.8 Å². The maximum atomic E-state index is 14.6. The molecule has 1 amide bonds. The van der Waals surface area contributed by atoms with Crippen LogP contribution in [0, 0.1) is 5.82 Å². The van der Waals surface area contributed by atoms with Crippen molar-refractivity contribution in [2.45, 2.75) is 29.8 Å². The minimum absolute atomic E-state index is 0.0460. The first-order chi connectivity index (χ1) is 26.4. The number of halogens is 1. The molecule has 0 radical (unpaired) electrons. The van der Waals surface area contributed by atoms with E-state index in [0.29, 0.717) is 28.6 Å². The first-order valence-corrected chi connectivity index (χ1v) is 19.8. The van der Waals surface area contributed by atoms with Gasteiger partial charge in [0.1, 0.15) is 11.4 Å². The largest absolute Gasteiger partial charge is 0.494 e. The molecule has 0 fully saturated rings. The van der Waals surface area contributed by atoms with Crippen molar-refractivity contribution in [3.8, 4) is 5.75 Å². The minimum atomic E-state index is -4.17. The van der Waals surface area contributed by atoms with Gasteiger partial charge in [-0.1, -0.05) is 30.3 Å². The van der Waals surface area contributed by atoms with Gasteiger partial charge in [0, 0.05) is 47.8 Å². The van der Waals surface area contributed by atoms with Gasteiger partial charge in [0.2, 0.25) is 0 Å². The highest BCUT2D eigenvalue weighted by Gasteiger charge is 2.22. The van der Waals surface area contributed by atoms with Crippen molar-refractivity contribution in [2.24, 2.45) is 0 Å². The first-order valence-electron chi connectivity index (χ1n) is 16.8. The van der Waals surface area contributed by atoms with Crippen LogP contribution >= 0.6 is 0 Å². The second-order valence-electron chi connectivity index (χ2n) is 12.4. The molecule has 0 unspecified atom stereocenters. The predicted octanol–water partition coefficient (Wildman–Crippen LogP) is 6.65. The van der Waals surface area contributed by atoms with Crippen LogP contribution in [-0.2, 0) is 33.1 Å². The molecule has 0 saturated carbocycles. The quantitative estimate of drug-likeness (QED) is 0.115. The number of carbonyl (C=O) groups is 1. The number of pyridine rings is 1. The summed E-state index contributed by atoms with van der Waals surface area (Å²) in [5, 5.41) is 1.33. The van der Waals surface area contributed by atoms with E-state index in [9.17, 15) is 30.8 Å². The fourth-order valence-corrected chi connectivity index (χ4v) is 8.07. The molecule has 0 aliphatic rings. The molecule has 280 valence electrons. The lowest BCUT2D eigenvalue weighted by Gasteiger charge is -2.23. The third-order valence-electron chi connectivity index (χ3n) is 8.63. The second kappa shape index (κ2) is 15.1. The van der Waals surface area contributed by atoms with E-state index in [0.717, 1.165) is 11.5 Å². The number of hydrogen-bond acceptors (Lipinski definition) is 9. The third-order valence-corrected chi connectivity index (χ3v) is 11.4. The molecule has 16 heteroatoms. The van der Waals surface area contributed by atoms with Gasteiger partial charge in [-0.25, -0.2) is 26.0 Å². The van der Waals surface area contributed by atoms with E-state index in [2.05, 4.69) is 19.4 Å². The topological polar surface area (TPSA) is 181 Å². The number of carbonyl (C=O) groups excluding carboxylic acids is 1. The molecular weight excluding hydrogens is 750 g/mol. The van der Waals surface area contributed by atoms with Crippen molar-refractivity contribution >= 4 is 59.0 Å². The number of benzene rings is 4. The van der Waals surface area contributed by atoms with Gasteiger partial charge in [-0.05, 0) is 84.8 Å². The summed E-state index contributed by atoms with van der Waals surface area (Å²) in [6, 6.07) is 25.2. The summed E-state index contributed by atoms with van der Waals surface area (Å²) in [4.78, 5) is 34.7. The van der Waals surface area contributed by atoms with Crippen LogP contribution in [0.5, 0.6) is 5.75 Å². The van der Waals surface area contributed by atoms with Gasteiger partial charge in [-0.2, -0.15) is 0 Å². The number of aromatic amines is 1. The standard InChI is InChI=1S/C39H32FN5O8S2/c1-2-52-28-10-15-36(33(40)21-28)44-55(50,51)30-13-8-26(9-14-30)24-45(38(46)37-20-27-22-41-18-16-34(27)42-37)23-25-6-11-29(12-7-25)54(48,49)43-35-5-3-4-32-31(35)17-19-53-39(32)47/h3-22,42-44H,2,23-24H2,1H3. The monoisotopic (exact) mass is 781 g/mol. The molecule has 3 N–H and O–H groups in total. The zero-order valence-corrected chi connectivity index (χ0v) is 30.7. The summed E-state index contributed by atoms with van der Waals surface area (Å²) in [6.45, 7) is 2.17. The highest BCUT2D eigenvalue weighted by molar-refractivity contribution is 7.93. The number of sulfonamides is 2. The maximum absolute atomic E-state index is 14.6. The van der Waals surface area contributed by atoms with E-state index >= 15 is 0 Å². The molecule has 0 aliphatic carbocycles. The van der Waals surface area contributed by atoms with Gasteiger partial charge in [-0.15, -0.1) is 0 Å². The molecule has 3 aromatic heterocycles. The van der Waals surface area contributed by atoms with Gasteiger partial charge >= 0.3 is 5.63 Å². The van der Waals surface area contributed by atoms with E-state index < -0.39 is 31.5 Å². The van der Waals surface area contributed by atoms with Crippen LogP contribution in [0.1, 0.15) is 28.5 Å². The Morgan fingerprint density at radius 2 is 1.47 bits per heavy atom. The number of nitrogens with one attached hydrogen (secondary N) is 3. The summed E-state index contributed by atoms with van der Waals surface area (Å²) < 4.78 is 82.6. The average Bonchev–Trinajstić information content (AvgIpc) is 3.61. The Bertz CT molecular complexity index is 2790. The highest BCUT2D eigenvalue weighted by atomic mass is 32.2. The number of rotatable bonds is 13. The highest BCUT2D eigenvalue weighted by Crippen LogP contribution is 2.27. The van der Waals surface area contributed by atoms with E-state index in [4.69, 9.17) is 9.15 Å². The SMILES string of the molecule is CCOc1ccc(NS(=O)(=O)c2ccc(CN(Cc3ccc(S(=O)(=O)Nc4cccc5c(=O)occc45)cc3)C(=O)c3cc4cnccc4[nH]3)cc2)c(F)c1. The zero-order chi connectivity index (χ0) is 38.7. The fraction of sp³-hybridized carbons (Fsp3) is 0.103. The van der Waals surface area contributed by atoms with Crippen molar-refractivity contribution in [3.05, 3.63) is 155 Å². The summed E-state index contributed by atoms with van der Waals surface area (Å²) in [7, 11) is -8.26. The molecular formula is C39H32FN5O8S2. The fourth-order valence-electron chi connectivity index (χ4n) is 5.93. The van der Waals surface area contributed by atoms with Crippen molar-refractivity contribution in [2.75, 3.05) is 16.1 Å². The van der Waals surface area contributed by atoms with Gasteiger partial charge in [-0.3, -0.25) is 19.2 Å². The van der Waals surface area contributed by atoms with E-state index in [1.54, 1.807) is 61.8 Å². The second-order valence-corrected chi connectivity index (χ2v) is 15.7. The lowest BCUT2D eigenvalue weighted by atomic mass is 10.1. The number of nitrogens with zero attached hydrogens (tertiary/aromatic N) is 2. The summed E-state index contributed by atoms with van der Waals surface area (Å²) in [5.41, 5.74) is 1.56. The van der Waals surface area contributed by atoms with E-state index in [-0.39, 0.29) is 57.0 Å². The molecule has 0 bridgehead atoms. The zero-order valence-electron chi connectivity index (χ0n) is 29.0. The molecule has 7 rings (SSSR count). The van der Waals surface area contributed by atoms with Gasteiger partial charge in [0.05, 0.1) is 39.4 Å². The third kappa shape index (κ3) is 8.05. The van der Waals surface area contributed by atoms with Crippen LogP contribution in [0.3, 0.4) is 0 Å². The number of fused-ring (bicyclic) bond motifs is 2. The number of hydrogen-bond donors (Lipinski definition) is 3. The number of amides is 1. The van der Waals surface area contributed by atoms with Crippen LogP contribution in [0.25, 0.3) is 21.7 Å². The normalized spacial score (nSPS) is 11.7. The number of anilines is 2. The van der Waals surface area contributed by atoms with Crippen molar-refractivity contribution in [1.82, 2.24) is 14.9 Å². The summed E-state index contributed by atoms with van der Waals surface area (Å²) in [6.07, 6.45) is 4.42. The molecule has 55 heavy (non-hydrogen) atoms. The Morgan fingerprint density at radius 3 is 2.09 bits per heavy atom. The molecule has 0 atom stereocenters. The van der Waals surface area contributed by atoms with Crippen molar-refractivity contribution in [1.29, 1.82) is 0 Å². The van der Waals surface area contributed by atoms with E-state index in [1.165, 1.54) is 65.8 Å². The van der Waals surface area contributed by atoms with E-state index in [1.807, 2.05) is 0 Å².